The number of aliphatic hydroxyl groups excluding tert-OH is 1. The fourth-order valence-corrected chi connectivity index (χ4v) is 0.534. The summed E-state index contributed by atoms with van der Waals surface area (Å²) in [5.41, 5.74) is 0. The Morgan fingerprint density at radius 1 is 1.50 bits per heavy atom. The summed E-state index contributed by atoms with van der Waals surface area (Å²) in [6, 6.07) is 0. The van der Waals surface area contributed by atoms with Crippen molar-refractivity contribution in [3.05, 3.63) is 18.7 Å². The third kappa shape index (κ3) is 3.25. The van der Waals surface area contributed by atoms with Crippen LogP contribution in [0.25, 0.3) is 0 Å². The molecule has 0 unspecified atom stereocenters. The van der Waals surface area contributed by atoms with E-state index in [1.165, 1.54) is 0 Å². The van der Waals surface area contributed by atoms with Crippen LogP contribution >= 0.6 is 0 Å². The molecule has 0 bridgehead atoms. The predicted octanol–water partition coefficient (Wildman–Crippen LogP) is 0.902. The molecule has 0 atom stereocenters. The maximum atomic E-state index is 8.39. The highest BCUT2D eigenvalue weighted by molar-refractivity contribution is 4.73. The van der Waals surface area contributed by atoms with Crippen molar-refractivity contribution >= 4 is 0 Å². The van der Waals surface area contributed by atoms with Crippen molar-refractivity contribution in [1.82, 2.24) is 9.55 Å². The summed E-state index contributed by atoms with van der Waals surface area (Å²) in [6.07, 6.45) is 5.18. The summed E-state index contributed by atoms with van der Waals surface area (Å²) in [7, 11) is 0. The molecule has 0 spiro atoms. The number of hydrogen-bond acceptors (Lipinski definition) is 2. The van der Waals surface area contributed by atoms with Gasteiger partial charge in [-0.2, -0.15) is 0 Å². The third-order valence-corrected chi connectivity index (χ3v) is 0.917. The lowest BCUT2D eigenvalue weighted by molar-refractivity contribution is 0.276. The molecule has 0 aromatic carbocycles. The van der Waals surface area contributed by atoms with Crippen LogP contribution in [0.15, 0.2) is 18.7 Å². The van der Waals surface area contributed by atoms with Gasteiger partial charge in [0, 0.05) is 18.9 Å². The minimum atomic E-state index is 0.177. The van der Waals surface area contributed by atoms with Gasteiger partial charge in [-0.1, -0.05) is 13.8 Å². The average Bonchev–Trinajstić information content (AvgIpc) is 2.46. The summed E-state index contributed by atoms with van der Waals surface area (Å²) in [6.45, 7) is 4.82. The normalized spacial score (nSPS) is 8.30. The summed E-state index contributed by atoms with van der Waals surface area (Å²) in [5, 5.41) is 8.39. The van der Waals surface area contributed by atoms with Gasteiger partial charge in [0.15, 0.2) is 0 Å². The Kier molecular flexibility index (Phi) is 5.77. The maximum Gasteiger partial charge on any atom is 0.0946 e. The average molecular weight is 142 g/mol. The van der Waals surface area contributed by atoms with E-state index in [1.54, 1.807) is 12.5 Å². The van der Waals surface area contributed by atoms with E-state index in [4.69, 9.17) is 5.11 Å². The molecular formula is C7H14N2O. The number of aliphatic hydroxyl groups is 1. The highest BCUT2D eigenvalue weighted by atomic mass is 16.3. The predicted molar refractivity (Wildman–Crippen MR) is 40.7 cm³/mol. The topological polar surface area (TPSA) is 38.0 Å². The van der Waals surface area contributed by atoms with Gasteiger partial charge in [0.2, 0.25) is 0 Å². The zero-order valence-corrected chi connectivity index (χ0v) is 6.49. The number of hydrogen-bond donors (Lipinski definition) is 1. The molecular weight excluding hydrogens is 128 g/mol. The second kappa shape index (κ2) is 6.29. The minimum Gasteiger partial charge on any atom is -0.395 e. The monoisotopic (exact) mass is 142 g/mol. The van der Waals surface area contributed by atoms with Gasteiger partial charge < -0.3 is 9.67 Å². The van der Waals surface area contributed by atoms with Gasteiger partial charge in [0.1, 0.15) is 0 Å². The van der Waals surface area contributed by atoms with E-state index in [9.17, 15) is 0 Å². The summed E-state index contributed by atoms with van der Waals surface area (Å²) in [4.78, 5) is 3.79. The fraction of sp³-hybridized carbons (Fsp3) is 0.571. The summed E-state index contributed by atoms with van der Waals surface area (Å²) >= 11 is 0. The first-order chi connectivity index (χ1) is 4.93. The third-order valence-electron chi connectivity index (χ3n) is 0.917. The Bertz CT molecular complexity index is 137. The van der Waals surface area contributed by atoms with Crippen LogP contribution in [0.3, 0.4) is 0 Å². The van der Waals surface area contributed by atoms with E-state index in [2.05, 4.69) is 4.98 Å². The molecule has 3 heteroatoms. The Morgan fingerprint density at radius 2 is 2.20 bits per heavy atom. The largest absolute Gasteiger partial charge is 0.395 e. The number of aromatic nitrogens is 2. The van der Waals surface area contributed by atoms with Crippen LogP contribution in [0.1, 0.15) is 13.8 Å². The van der Waals surface area contributed by atoms with Crippen LogP contribution in [-0.4, -0.2) is 21.3 Å². The van der Waals surface area contributed by atoms with Crippen molar-refractivity contribution in [3.63, 3.8) is 0 Å². The standard InChI is InChI=1S/C5H8N2O.C2H6/c8-4-3-7-2-1-6-5-7;1-2/h1-2,5,8H,3-4H2;1-2H3. The quantitative estimate of drug-likeness (QED) is 0.666. The zero-order chi connectivity index (χ0) is 7.82. The first kappa shape index (κ1) is 9.17. The van der Waals surface area contributed by atoms with Crippen LogP contribution < -0.4 is 0 Å². The van der Waals surface area contributed by atoms with Crippen molar-refractivity contribution in [2.24, 2.45) is 0 Å². The smallest absolute Gasteiger partial charge is 0.0946 e. The lowest BCUT2D eigenvalue weighted by atomic mass is 10.7. The van der Waals surface area contributed by atoms with Gasteiger partial charge in [0.05, 0.1) is 12.9 Å². The van der Waals surface area contributed by atoms with Gasteiger partial charge in [-0.05, 0) is 0 Å². The second-order valence-corrected chi connectivity index (χ2v) is 1.52. The molecule has 1 aromatic rings. The molecule has 3 nitrogen and oxygen atoms in total. The number of imidazole rings is 1. The molecule has 0 saturated heterocycles. The molecule has 1 rings (SSSR count). The summed E-state index contributed by atoms with van der Waals surface area (Å²) < 4.78 is 1.82. The first-order valence-corrected chi connectivity index (χ1v) is 3.50. The van der Waals surface area contributed by atoms with E-state index in [0.717, 1.165) is 0 Å². The molecule has 0 fully saturated rings. The zero-order valence-electron chi connectivity index (χ0n) is 6.49. The van der Waals surface area contributed by atoms with E-state index in [0.29, 0.717) is 6.54 Å². The number of rotatable bonds is 2. The van der Waals surface area contributed by atoms with Crippen molar-refractivity contribution < 1.29 is 5.11 Å². The van der Waals surface area contributed by atoms with Gasteiger partial charge in [-0.3, -0.25) is 0 Å². The lowest BCUT2D eigenvalue weighted by Gasteiger charge is -1.92. The maximum absolute atomic E-state index is 8.39. The molecule has 0 saturated carbocycles. The molecule has 10 heavy (non-hydrogen) atoms. The molecule has 0 radical (unpaired) electrons. The minimum absolute atomic E-state index is 0.177. The first-order valence-electron chi connectivity index (χ1n) is 3.50. The van der Waals surface area contributed by atoms with Crippen LogP contribution in [0, 0.1) is 0 Å². The Labute approximate surface area is 61.3 Å². The van der Waals surface area contributed by atoms with E-state index in [-0.39, 0.29) is 6.61 Å². The van der Waals surface area contributed by atoms with Crippen LogP contribution in [0.2, 0.25) is 0 Å². The molecule has 0 aliphatic heterocycles. The molecule has 58 valence electrons. The lowest BCUT2D eigenvalue weighted by Crippen LogP contribution is -1.97. The number of nitrogens with zero attached hydrogens (tertiary/aromatic N) is 2. The summed E-state index contributed by atoms with van der Waals surface area (Å²) in [5.74, 6) is 0. The van der Waals surface area contributed by atoms with E-state index in [1.807, 2.05) is 24.6 Å². The van der Waals surface area contributed by atoms with E-state index >= 15 is 0 Å². The van der Waals surface area contributed by atoms with Crippen LogP contribution in [0.4, 0.5) is 0 Å². The fourth-order valence-electron chi connectivity index (χ4n) is 0.534. The highest BCUT2D eigenvalue weighted by Gasteiger charge is 1.82. The molecule has 0 aliphatic rings. The highest BCUT2D eigenvalue weighted by Crippen LogP contribution is 1.81. The molecule has 0 amide bonds. The van der Waals surface area contributed by atoms with Crippen molar-refractivity contribution in [3.8, 4) is 0 Å². The Hall–Kier alpha value is -0.830. The van der Waals surface area contributed by atoms with Crippen molar-refractivity contribution in [2.45, 2.75) is 20.4 Å². The molecule has 1 heterocycles. The molecule has 1 aromatic heterocycles. The van der Waals surface area contributed by atoms with E-state index < -0.39 is 0 Å². The molecule has 0 aliphatic carbocycles. The molecule has 1 N–H and O–H groups in total. The second-order valence-electron chi connectivity index (χ2n) is 1.52. The van der Waals surface area contributed by atoms with Crippen molar-refractivity contribution in [2.75, 3.05) is 6.61 Å². The SMILES string of the molecule is CC.OCCn1ccnc1. The van der Waals surface area contributed by atoms with Crippen LogP contribution in [-0.2, 0) is 6.54 Å². The van der Waals surface area contributed by atoms with Gasteiger partial charge in [-0.15, -0.1) is 0 Å². The Morgan fingerprint density at radius 3 is 2.60 bits per heavy atom. The van der Waals surface area contributed by atoms with Gasteiger partial charge in [0.25, 0.3) is 0 Å². The van der Waals surface area contributed by atoms with Gasteiger partial charge in [-0.25, -0.2) is 4.98 Å². The Balaban J connectivity index is 0.000000371. The van der Waals surface area contributed by atoms with Crippen LogP contribution in [0.5, 0.6) is 0 Å². The van der Waals surface area contributed by atoms with Gasteiger partial charge >= 0.3 is 0 Å². The van der Waals surface area contributed by atoms with Crippen molar-refractivity contribution in [1.29, 1.82) is 0 Å².